The van der Waals surface area contributed by atoms with Crippen molar-refractivity contribution in [2.45, 2.75) is 0 Å². The number of anilines is 6. The third-order valence-corrected chi connectivity index (χ3v) is 16.0. The maximum Gasteiger partial charge on any atom is 0.252 e. The molecule has 358 valence electrons. The summed E-state index contributed by atoms with van der Waals surface area (Å²) in [6.07, 6.45) is 0. The molecule has 0 aromatic heterocycles. The van der Waals surface area contributed by atoms with Gasteiger partial charge in [0.2, 0.25) is 0 Å². The second-order valence-electron chi connectivity index (χ2n) is 20.4. The summed E-state index contributed by atoms with van der Waals surface area (Å²) < 4.78 is 0. The van der Waals surface area contributed by atoms with Gasteiger partial charge in [0, 0.05) is 45.0 Å². The van der Waals surface area contributed by atoms with Gasteiger partial charge in [-0.25, -0.2) is 0 Å². The molecule has 13 aromatic carbocycles. The summed E-state index contributed by atoms with van der Waals surface area (Å²) in [4.78, 5) is 5.22. The van der Waals surface area contributed by atoms with E-state index in [0.29, 0.717) is 0 Å². The molecule has 0 saturated carbocycles. The Kier molecular flexibility index (Phi) is 10.7. The van der Waals surface area contributed by atoms with Crippen molar-refractivity contribution in [2.75, 3.05) is 9.80 Å². The minimum absolute atomic E-state index is 0.118. The standard InChI is InChI=1S/C74H49BN2/c1-6-21-50(22-7-1)59-42-44-68-67(48-59)75-66-43-41-60(57-39-40-58-45-55-31-16-17-32-56(55)46-61(58)47-57)49-71(66)77(74-64(53-27-12-4-13-28-53)35-19-36-65(74)54-29-14-5-15-30-54)70-38-20-37-69(72(70)75)76(68)73-62(51-23-8-2-9-24-51)33-18-34-63(73)52-25-10-3-11-26-52/h1-49H. The van der Waals surface area contributed by atoms with Gasteiger partial charge in [0.25, 0.3) is 6.71 Å². The normalized spacial score (nSPS) is 12.3. The van der Waals surface area contributed by atoms with Crippen LogP contribution in [0.2, 0.25) is 0 Å². The second-order valence-corrected chi connectivity index (χ2v) is 20.4. The molecule has 0 N–H and O–H groups in total. The number of fused-ring (bicyclic) bond motifs is 6. The summed E-state index contributed by atoms with van der Waals surface area (Å²) in [6.45, 7) is -0.118. The molecule has 0 atom stereocenters. The van der Waals surface area contributed by atoms with Crippen molar-refractivity contribution in [3.63, 3.8) is 0 Å². The highest BCUT2D eigenvalue weighted by molar-refractivity contribution is 7.00. The molecule has 15 rings (SSSR count). The van der Waals surface area contributed by atoms with Crippen LogP contribution in [0.5, 0.6) is 0 Å². The largest absolute Gasteiger partial charge is 0.310 e. The highest BCUT2D eigenvalue weighted by Gasteiger charge is 2.45. The summed E-state index contributed by atoms with van der Waals surface area (Å²) in [5.74, 6) is 0. The van der Waals surface area contributed by atoms with E-state index < -0.39 is 0 Å². The predicted molar refractivity (Wildman–Crippen MR) is 328 cm³/mol. The molecule has 2 nitrogen and oxygen atoms in total. The van der Waals surface area contributed by atoms with Crippen LogP contribution in [0.3, 0.4) is 0 Å². The van der Waals surface area contributed by atoms with Crippen LogP contribution in [0.4, 0.5) is 34.1 Å². The molecular formula is C74H49BN2. The third-order valence-electron chi connectivity index (χ3n) is 16.0. The van der Waals surface area contributed by atoms with Gasteiger partial charge in [0.15, 0.2) is 0 Å². The van der Waals surface area contributed by atoms with Crippen LogP contribution >= 0.6 is 0 Å². The van der Waals surface area contributed by atoms with E-state index in [1.807, 2.05) is 0 Å². The molecule has 2 aliphatic rings. The van der Waals surface area contributed by atoms with Gasteiger partial charge in [-0.3, -0.25) is 0 Å². The monoisotopic (exact) mass is 976 g/mol. The van der Waals surface area contributed by atoms with E-state index in [2.05, 4.69) is 307 Å². The predicted octanol–water partition coefficient (Wildman–Crippen LogP) is 18.1. The maximum atomic E-state index is 2.62. The molecule has 0 saturated heterocycles. The maximum absolute atomic E-state index is 2.62. The summed E-state index contributed by atoms with van der Waals surface area (Å²) in [7, 11) is 0. The molecule has 77 heavy (non-hydrogen) atoms. The van der Waals surface area contributed by atoms with Crippen molar-refractivity contribution in [3.05, 3.63) is 297 Å². The van der Waals surface area contributed by atoms with Crippen molar-refractivity contribution >= 4 is 78.8 Å². The summed E-state index contributed by atoms with van der Waals surface area (Å²) in [6, 6.07) is 110. The molecular weight excluding hydrogens is 928 g/mol. The fraction of sp³-hybridized carbons (Fsp3) is 0. The SMILES string of the molecule is c1ccc(-c2ccc3c(c2)B2c4ccc(-c5ccc6cc7ccccc7cc6c5)cc4N(c4c(-c5ccccc5)cccc4-c4ccccc4)c4cccc(c42)N3c2c(-c3ccccc3)cccc2-c2ccccc2)cc1. The number of rotatable bonds is 8. The lowest BCUT2D eigenvalue weighted by Gasteiger charge is -2.45. The molecule has 0 radical (unpaired) electrons. The Labute approximate surface area is 450 Å². The Hall–Kier alpha value is -9.96. The zero-order valence-electron chi connectivity index (χ0n) is 42.3. The van der Waals surface area contributed by atoms with Gasteiger partial charge in [-0.1, -0.05) is 255 Å². The fourth-order valence-electron chi connectivity index (χ4n) is 12.5. The molecule has 0 spiro atoms. The van der Waals surface area contributed by atoms with Crippen molar-refractivity contribution in [1.82, 2.24) is 0 Å². The quantitative estimate of drug-likeness (QED) is 0.111. The van der Waals surface area contributed by atoms with Crippen molar-refractivity contribution in [1.29, 1.82) is 0 Å². The first-order valence-electron chi connectivity index (χ1n) is 26.7. The topological polar surface area (TPSA) is 6.48 Å². The van der Waals surface area contributed by atoms with E-state index in [0.717, 1.165) is 50.7 Å². The van der Waals surface area contributed by atoms with Gasteiger partial charge in [0.1, 0.15) is 0 Å². The van der Waals surface area contributed by atoms with Crippen LogP contribution in [-0.4, -0.2) is 6.71 Å². The number of hydrogen-bond donors (Lipinski definition) is 0. The van der Waals surface area contributed by atoms with Crippen LogP contribution in [-0.2, 0) is 0 Å². The molecule has 0 unspecified atom stereocenters. The zero-order valence-corrected chi connectivity index (χ0v) is 42.3. The molecule has 0 fully saturated rings. The van der Waals surface area contributed by atoms with Crippen LogP contribution in [0, 0.1) is 0 Å². The van der Waals surface area contributed by atoms with E-state index in [9.17, 15) is 0 Å². The summed E-state index contributed by atoms with van der Waals surface area (Å²) in [5.41, 5.74) is 24.8. The van der Waals surface area contributed by atoms with Crippen LogP contribution in [0.1, 0.15) is 0 Å². The average molecular weight is 977 g/mol. The smallest absolute Gasteiger partial charge is 0.252 e. The first kappa shape index (κ1) is 44.5. The van der Waals surface area contributed by atoms with Gasteiger partial charge < -0.3 is 9.80 Å². The lowest BCUT2D eigenvalue weighted by Crippen LogP contribution is -2.61. The molecule has 2 aliphatic heterocycles. The Balaban J connectivity index is 1.06. The van der Waals surface area contributed by atoms with Gasteiger partial charge >= 0.3 is 0 Å². The number of nitrogens with zero attached hydrogens (tertiary/aromatic N) is 2. The average Bonchev–Trinajstić information content (AvgIpc) is 3.58. The zero-order chi connectivity index (χ0) is 50.8. The van der Waals surface area contributed by atoms with Gasteiger partial charge in [-0.15, -0.1) is 0 Å². The minimum atomic E-state index is -0.118. The van der Waals surface area contributed by atoms with Crippen LogP contribution in [0.25, 0.3) is 88.3 Å². The molecule has 0 aliphatic carbocycles. The van der Waals surface area contributed by atoms with E-state index >= 15 is 0 Å². The third kappa shape index (κ3) is 7.50. The highest BCUT2D eigenvalue weighted by Crippen LogP contribution is 2.53. The Morgan fingerprint density at radius 1 is 0.208 bits per heavy atom. The minimum Gasteiger partial charge on any atom is -0.310 e. The van der Waals surface area contributed by atoms with Crippen molar-refractivity contribution in [2.24, 2.45) is 0 Å². The lowest BCUT2D eigenvalue weighted by atomic mass is 9.33. The summed E-state index contributed by atoms with van der Waals surface area (Å²) in [5, 5.41) is 4.96. The van der Waals surface area contributed by atoms with Crippen molar-refractivity contribution < 1.29 is 0 Å². The molecule has 2 heterocycles. The molecule has 0 amide bonds. The lowest BCUT2D eigenvalue weighted by molar-refractivity contribution is 1.25. The van der Waals surface area contributed by atoms with Crippen molar-refractivity contribution in [3.8, 4) is 66.8 Å². The second kappa shape index (κ2) is 18.5. The number of hydrogen-bond acceptors (Lipinski definition) is 2. The van der Waals surface area contributed by atoms with E-state index in [4.69, 9.17) is 0 Å². The van der Waals surface area contributed by atoms with Gasteiger partial charge in [0.05, 0.1) is 11.4 Å². The Bertz CT molecular complexity index is 4270. The van der Waals surface area contributed by atoms with E-state index in [-0.39, 0.29) is 6.71 Å². The summed E-state index contributed by atoms with van der Waals surface area (Å²) >= 11 is 0. The Morgan fingerprint density at radius 2 is 0.597 bits per heavy atom. The first-order chi connectivity index (χ1) is 38.2. The van der Waals surface area contributed by atoms with Crippen LogP contribution in [0.15, 0.2) is 297 Å². The highest BCUT2D eigenvalue weighted by atomic mass is 15.2. The van der Waals surface area contributed by atoms with Gasteiger partial charge in [-0.05, 0) is 125 Å². The van der Waals surface area contributed by atoms with Crippen LogP contribution < -0.4 is 26.2 Å². The molecule has 3 heteroatoms. The van der Waals surface area contributed by atoms with E-state index in [1.165, 1.54) is 88.1 Å². The molecule has 13 aromatic rings. The van der Waals surface area contributed by atoms with Gasteiger partial charge in [-0.2, -0.15) is 0 Å². The number of para-hydroxylation sites is 2. The Morgan fingerprint density at radius 3 is 1.12 bits per heavy atom. The fourth-order valence-corrected chi connectivity index (χ4v) is 12.5. The molecule has 0 bridgehead atoms. The van der Waals surface area contributed by atoms with E-state index in [1.54, 1.807) is 0 Å². The first-order valence-corrected chi connectivity index (χ1v) is 26.7. The number of benzene rings is 13.